The molecule has 3 aromatic rings. The van der Waals surface area contributed by atoms with E-state index in [1.165, 1.54) is 5.56 Å². The van der Waals surface area contributed by atoms with Crippen LogP contribution in [0.3, 0.4) is 0 Å². The molecule has 0 spiro atoms. The molecule has 0 radical (unpaired) electrons. The highest BCUT2D eigenvalue weighted by Gasteiger charge is 2.41. The monoisotopic (exact) mass is 361 g/mol. The highest BCUT2D eigenvalue weighted by molar-refractivity contribution is 5.93. The SMILES string of the molecule is CC1CCCc2ncc(C(=O)N[C@@H]3C[C@H]3c3cnn(-c4ccccc4)c3)n21. The van der Waals surface area contributed by atoms with Crippen molar-refractivity contribution in [2.75, 3.05) is 0 Å². The average molecular weight is 361 g/mol. The Morgan fingerprint density at radius 3 is 2.93 bits per heavy atom. The number of rotatable bonds is 4. The van der Waals surface area contributed by atoms with Gasteiger partial charge in [-0.15, -0.1) is 0 Å². The predicted molar refractivity (Wildman–Crippen MR) is 102 cm³/mol. The van der Waals surface area contributed by atoms with Crippen molar-refractivity contribution in [1.29, 1.82) is 0 Å². The van der Waals surface area contributed by atoms with Gasteiger partial charge in [-0.2, -0.15) is 5.10 Å². The van der Waals surface area contributed by atoms with Gasteiger partial charge in [-0.25, -0.2) is 9.67 Å². The van der Waals surface area contributed by atoms with Crippen LogP contribution >= 0.6 is 0 Å². The summed E-state index contributed by atoms with van der Waals surface area (Å²) in [5.74, 6) is 1.37. The number of amides is 1. The van der Waals surface area contributed by atoms with Crippen LogP contribution < -0.4 is 5.32 Å². The first-order chi connectivity index (χ1) is 13.2. The van der Waals surface area contributed by atoms with E-state index in [0.717, 1.165) is 37.2 Å². The zero-order valence-corrected chi connectivity index (χ0v) is 15.4. The average Bonchev–Trinajstić information content (AvgIpc) is 3.11. The van der Waals surface area contributed by atoms with Crippen LogP contribution in [0.2, 0.25) is 0 Å². The number of para-hydroxylation sites is 1. The largest absolute Gasteiger partial charge is 0.347 e. The lowest BCUT2D eigenvalue weighted by Crippen LogP contribution is -2.30. The molecular weight excluding hydrogens is 338 g/mol. The molecule has 1 fully saturated rings. The first-order valence-electron chi connectivity index (χ1n) is 9.67. The molecule has 1 unspecified atom stereocenters. The van der Waals surface area contributed by atoms with Crippen molar-refractivity contribution >= 4 is 5.91 Å². The van der Waals surface area contributed by atoms with E-state index in [1.54, 1.807) is 6.20 Å². The minimum absolute atomic E-state index is 0.00884. The molecule has 1 aliphatic carbocycles. The Bertz CT molecular complexity index is 974. The van der Waals surface area contributed by atoms with Crippen molar-refractivity contribution in [3.8, 4) is 5.69 Å². The molecule has 2 aliphatic rings. The second-order valence-electron chi connectivity index (χ2n) is 7.65. The fourth-order valence-electron chi connectivity index (χ4n) is 4.14. The smallest absolute Gasteiger partial charge is 0.269 e. The zero-order chi connectivity index (χ0) is 18.4. The maximum Gasteiger partial charge on any atom is 0.269 e. The Kier molecular flexibility index (Phi) is 3.85. The van der Waals surface area contributed by atoms with Gasteiger partial charge in [0.15, 0.2) is 0 Å². The third kappa shape index (κ3) is 2.95. The minimum atomic E-state index is -0.00884. The van der Waals surface area contributed by atoms with E-state index in [9.17, 15) is 4.79 Å². The molecule has 5 rings (SSSR count). The maximum absolute atomic E-state index is 12.8. The van der Waals surface area contributed by atoms with E-state index < -0.39 is 0 Å². The van der Waals surface area contributed by atoms with Crippen LogP contribution in [0, 0.1) is 0 Å². The molecule has 6 nitrogen and oxygen atoms in total. The van der Waals surface area contributed by atoms with Crippen LogP contribution in [0.4, 0.5) is 0 Å². The Morgan fingerprint density at radius 1 is 1.22 bits per heavy atom. The van der Waals surface area contributed by atoms with Gasteiger partial charge in [-0.1, -0.05) is 18.2 Å². The van der Waals surface area contributed by atoms with Crippen molar-refractivity contribution in [3.05, 3.63) is 66.0 Å². The molecule has 27 heavy (non-hydrogen) atoms. The molecule has 1 saturated carbocycles. The van der Waals surface area contributed by atoms with E-state index in [4.69, 9.17) is 0 Å². The molecule has 2 aromatic heterocycles. The summed E-state index contributed by atoms with van der Waals surface area (Å²) in [5.41, 5.74) is 2.92. The van der Waals surface area contributed by atoms with Crippen molar-refractivity contribution < 1.29 is 4.79 Å². The second-order valence-corrected chi connectivity index (χ2v) is 7.65. The van der Waals surface area contributed by atoms with Gasteiger partial charge in [-0.3, -0.25) is 4.79 Å². The number of hydrogen-bond acceptors (Lipinski definition) is 3. The van der Waals surface area contributed by atoms with Crippen LogP contribution in [0.15, 0.2) is 48.9 Å². The molecule has 3 atom stereocenters. The van der Waals surface area contributed by atoms with E-state index in [-0.39, 0.29) is 11.9 Å². The van der Waals surface area contributed by atoms with Crippen molar-refractivity contribution in [3.63, 3.8) is 0 Å². The second kappa shape index (κ2) is 6.37. The molecule has 1 aliphatic heterocycles. The fraction of sp³-hybridized carbons (Fsp3) is 0.381. The van der Waals surface area contributed by atoms with Gasteiger partial charge in [0.25, 0.3) is 5.91 Å². The van der Waals surface area contributed by atoms with Crippen LogP contribution in [-0.2, 0) is 6.42 Å². The van der Waals surface area contributed by atoms with Gasteiger partial charge in [-0.05, 0) is 43.9 Å². The van der Waals surface area contributed by atoms with Gasteiger partial charge in [0, 0.05) is 30.6 Å². The topological polar surface area (TPSA) is 64.7 Å². The number of nitrogens with one attached hydrogen (secondary N) is 1. The summed E-state index contributed by atoms with van der Waals surface area (Å²) in [6, 6.07) is 10.6. The lowest BCUT2D eigenvalue weighted by molar-refractivity contribution is 0.0937. The highest BCUT2D eigenvalue weighted by Crippen LogP contribution is 2.41. The summed E-state index contributed by atoms with van der Waals surface area (Å²) in [4.78, 5) is 17.2. The Labute approximate surface area is 158 Å². The van der Waals surface area contributed by atoms with E-state index in [0.29, 0.717) is 17.7 Å². The number of benzene rings is 1. The Hall–Kier alpha value is -2.89. The zero-order valence-electron chi connectivity index (χ0n) is 15.4. The van der Waals surface area contributed by atoms with Crippen LogP contribution in [0.1, 0.15) is 60.0 Å². The summed E-state index contributed by atoms with van der Waals surface area (Å²) < 4.78 is 4.01. The van der Waals surface area contributed by atoms with E-state index in [2.05, 4.69) is 33.1 Å². The van der Waals surface area contributed by atoms with E-state index in [1.807, 2.05) is 41.2 Å². The van der Waals surface area contributed by atoms with Gasteiger partial charge in [0.05, 0.1) is 18.1 Å². The third-order valence-corrected chi connectivity index (χ3v) is 5.73. The number of aryl methyl sites for hydroxylation is 1. The van der Waals surface area contributed by atoms with Crippen molar-refractivity contribution in [2.24, 2.45) is 0 Å². The summed E-state index contributed by atoms with van der Waals surface area (Å²) in [6.45, 7) is 2.17. The number of fused-ring (bicyclic) bond motifs is 1. The van der Waals surface area contributed by atoms with Gasteiger partial charge in [0.2, 0.25) is 0 Å². The Balaban J connectivity index is 1.27. The molecule has 0 bridgehead atoms. The standard InChI is InChI=1S/C21H23N5O/c1-14-6-5-9-20-22-12-19(26(14)20)21(27)24-18-10-17(18)15-11-23-25(13-15)16-7-3-2-4-8-16/h2-4,7-8,11-14,17-18H,5-6,9-10H2,1H3,(H,24,27)/t14?,17-,18+/m0/s1. The lowest BCUT2D eigenvalue weighted by atomic mass is 10.1. The van der Waals surface area contributed by atoms with Crippen molar-refractivity contribution in [1.82, 2.24) is 24.6 Å². The fourth-order valence-corrected chi connectivity index (χ4v) is 4.14. The molecule has 138 valence electrons. The number of aromatic nitrogens is 4. The molecule has 6 heteroatoms. The van der Waals surface area contributed by atoms with Crippen molar-refractivity contribution in [2.45, 2.75) is 50.6 Å². The quantitative estimate of drug-likeness (QED) is 0.776. The van der Waals surface area contributed by atoms with Gasteiger partial charge in [0.1, 0.15) is 11.5 Å². The first-order valence-corrected chi connectivity index (χ1v) is 9.67. The summed E-state index contributed by atoms with van der Waals surface area (Å²) in [5, 5.41) is 7.66. The van der Waals surface area contributed by atoms with E-state index >= 15 is 0 Å². The van der Waals surface area contributed by atoms with Gasteiger partial charge >= 0.3 is 0 Å². The number of imidazole rings is 1. The predicted octanol–water partition coefficient (Wildman–Crippen LogP) is 3.25. The molecule has 1 aromatic carbocycles. The first kappa shape index (κ1) is 16.3. The number of carbonyl (C=O) groups excluding carboxylic acids is 1. The summed E-state index contributed by atoms with van der Waals surface area (Å²) in [6.07, 6.45) is 9.88. The number of hydrogen-bond donors (Lipinski definition) is 1. The summed E-state index contributed by atoms with van der Waals surface area (Å²) >= 11 is 0. The number of nitrogens with zero attached hydrogens (tertiary/aromatic N) is 4. The highest BCUT2D eigenvalue weighted by atomic mass is 16.2. The maximum atomic E-state index is 12.8. The van der Waals surface area contributed by atoms with Crippen LogP contribution in [0.25, 0.3) is 5.69 Å². The van der Waals surface area contributed by atoms with Crippen LogP contribution in [0.5, 0.6) is 0 Å². The summed E-state index contributed by atoms with van der Waals surface area (Å²) in [7, 11) is 0. The third-order valence-electron chi connectivity index (χ3n) is 5.73. The molecule has 0 saturated heterocycles. The lowest BCUT2D eigenvalue weighted by Gasteiger charge is -2.23. The van der Waals surface area contributed by atoms with Crippen LogP contribution in [-0.4, -0.2) is 31.3 Å². The molecule has 1 amide bonds. The van der Waals surface area contributed by atoms with Gasteiger partial charge < -0.3 is 9.88 Å². The number of carbonyl (C=O) groups is 1. The minimum Gasteiger partial charge on any atom is -0.347 e. The molecule has 1 N–H and O–H groups in total. The normalized spacial score (nSPS) is 23.7. The molecular formula is C21H23N5O. The Morgan fingerprint density at radius 2 is 2.07 bits per heavy atom. The molecule has 3 heterocycles.